The van der Waals surface area contributed by atoms with Crippen LogP contribution >= 0.6 is 0 Å². The summed E-state index contributed by atoms with van der Waals surface area (Å²) in [4.78, 5) is 0. The highest BCUT2D eigenvalue weighted by Gasteiger charge is 2.40. The summed E-state index contributed by atoms with van der Waals surface area (Å²) in [6, 6.07) is 7.89. The molecule has 146 valence electrons. The lowest BCUT2D eigenvalue weighted by Gasteiger charge is -2.40. The van der Waals surface area contributed by atoms with Crippen molar-refractivity contribution in [2.45, 2.75) is 12.5 Å². The largest absolute Gasteiger partial charge is 0.492 e. The van der Waals surface area contributed by atoms with Crippen LogP contribution in [0.2, 0.25) is 0 Å². The molecule has 2 aliphatic heterocycles. The van der Waals surface area contributed by atoms with E-state index in [0.29, 0.717) is 21.7 Å². The molecule has 1 atom stereocenters. The first-order valence-electron chi connectivity index (χ1n) is 9.18. The van der Waals surface area contributed by atoms with Crippen molar-refractivity contribution < 1.29 is 27.8 Å². The van der Waals surface area contributed by atoms with Crippen molar-refractivity contribution in [1.29, 1.82) is 0 Å². The number of halogens is 1. The molecular weight excluding hydrogens is 361 g/mol. The van der Waals surface area contributed by atoms with Gasteiger partial charge in [-0.3, -0.25) is 0 Å². The minimum Gasteiger partial charge on any atom is -0.492 e. The second kappa shape index (κ2) is 7.25. The SMILES string of the molecule is COc1c2c(cc3c1[C@H](C#CCOc1ccc(F)cc1)[N+](C)(C)CC3)OCO2. The minimum atomic E-state index is -0.290. The van der Waals surface area contributed by atoms with Crippen LogP contribution in [0, 0.1) is 17.7 Å². The second-order valence-electron chi connectivity index (χ2n) is 7.43. The number of rotatable bonds is 3. The molecule has 4 rings (SSSR count). The van der Waals surface area contributed by atoms with Crippen LogP contribution in [0.4, 0.5) is 4.39 Å². The van der Waals surface area contributed by atoms with Crippen molar-refractivity contribution in [2.24, 2.45) is 0 Å². The highest BCUT2D eigenvalue weighted by Crippen LogP contribution is 2.50. The Morgan fingerprint density at radius 1 is 1.21 bits per heavy atom. The lowest BCUT2D eigenvalue weighted by atomic mass is 9.89. The van der Waals surface area contributed by atoms with Crippen LogP contribution in [0.1, 0.15) is 17.2 Å². The van der Waals surface area contributed by atoms with Gasteiger partial charge in [-0.05, 0) is 41.8 Å². The molecule has 0 radical (unpaired) electrons. The Bertz CT molecular complexity index is 944. The maximum atomic E-state index is 13.0. The summed E-state index contributed by atoms with van der Waals surface area (Å²) in [7, 11) is 5.97. The van der Waals surface area contributed by atoms with Gasteiger partial charge in [-0.2, -0.15) is 0 Å². The number of nitrogens with zero attached hydrogens (tertiary/aromatic N) is 1. The van der Waals surface area contributed by atoms with Crippen molar-refractivity contribution in [3.05, 3.63) is 47.3 Å². The van der Waals surface area contributed by atoms with Gasteiger partial charge in [0.2, 0.25) is 12.5 Å². The molecule has 5 nitrogen and oxygen atoms in total. The van der Waals surface area contributed by atoms with Crippen LogP contribution in [0.3, 0.4) is 0 Å². The zero-order valence-corrected chi connectivity index (χ0v) is 16.3. The van der Waals surface area contributed by atoms with Gasteiger partial charge in [0.25, 0.3) is 0 Å². The van der Waals surface area contributed by atoms with E-state index < -0.39 is 0 Å². The van der Waals surface area contributed by atoms with Crippen LogP contribution in [-0.2, 0) is 6.42 Å². The first-order valence-corrected chi connectivity index (χ1v) is 9.18. The molecule has 28 heavy (non-hydrogen) atoms. The van der Waals surface area contributed by atoms with Gasteiger partial charge in [0, 0.05) is 6.42 Å². The number of likely N-dealkylation sites (N-methyl/N-ethyl adjacent to an activating group) is 1. The first kappa shape index (κ1) is 18.5. The normalized spacial score (nSPS) is 18.6. The summed E-state index contributed by atoms with van der Waals surface area (Å²) in [5, 5.41) is 0. The summed E-state index contributed by atoms with van der Waals surface area (Å²) in [6.07, 6.45) is 0.916. The molecule has 0 unspecified atom stereocenters. The molecular formula is C22H23FNO4+. The molecule has 0 amide bonds. The van der Waals surface area contributed by atoms with Crippen LogP contribution in [0.15, 0.2) is 30.3 Å². The Labute approximate surface area is 164 Å². The van der Waals surface area contributed by atoms with Gasteiger partial charge < -0.3 is 23.4 Å². The molecule has 0 aliphatic carbocycles. The van der Waals surface area contributed by atoms with Crippen LogP contribution in [0.5, 0.6) is 23.0 Å². The quantitative estimate of drug-likeness (QED) is 0.601. The van der Waals surface area contributed by atoms with Crippen LogP contribution < -0.4 is 18.9 Å². The van der Waals surface area contributed by atoms with Crippen molar-refractivity contribution in [3.63, 3.8) is 0 Å². The number of hydrogen-bond donors (Lipinski definition) is 0. The van der Waals surface area contributed by atoms with E-state index in [4.69, 9.17) is 18.9 Å². The number of hydrogen-bond acceptors (Lipinski definition) is 4. The van der Waals surface area contributed by atoms with Crippen molar-refractivity contribution >= 4 is 0 Å². The molecule has 0 spiro atoms. The van der Waals surface area contributed by atoms with E-state index >= 15 is 0 Å². The zero-order chi connectivity index (χ0) is 19.7. The standard InChI is InChI=1S/C22H23FNO4/c1-24(2)11-10-15-13-19-21(28-14-27-19)22(25-3)20(15)18(24)5-4-12-26-17-8-6-16(23)7-9-17/h6-9,13,18H,10-12,14H2,1-3H3/q+1/t18-/m0/s1. The Hall–Kier alpha value is -2.91. The molecule has 6 heteroatoms. The zero-order valence-electron chi connectivity index (χ0n) is 16.3. The maximum Gasteiger partial charge on any atom is 0.231 e. The second-order valence-corrected chi connectivity index (χ2v) is 7.43. The Morgan fingerprint density at radius 2 is 2.00 bits per heavy atom. The summed E-state index contributed by atoms with van der Waals surface area (Å²) in [5.41, 5.74) is 2.23. The van der Waals surface area contributed by atoms with Gasteiger partial charge >= 0.3 is 0 Å². The summed E-state index contributed by atoms with van der Waals surface area (Å²) in [5.74, 6) is 8.87. The van der Waals surface area contributed by atoms with Gasteiger partial charge in [-0.25, -0.2) is 4.39 Å². The molecule has 0 bridgehead atoms. The number of ether oxygens (including phenoxy) is 4. The molecule has 2 heterocycles. The van der Waals surface area contributed by atoms with Crippen molar-refractivity contribution in [1.82, 2.24) is 0 Å². The van der Waals surface area contributed by atoms with Crippen LogP contribution in [-0.4, -0.2) is 45.6 Å². The van der Waals surface area contributed by atoms with Gasteiger partial charge in [0.05, 0.1) is 33.3 Å². The third kappa shape index (κ3) is 3.34. The molecule has 0 saturated heterocycles. The third-order valence-corrected chi connectivity index (χ3v) is 5.24. The fourth-order valence-corrected chi connectivity index (χ4v) is 3.71. The Morgan fingerprint density at radius 3 is 2.75 bits per heavy atom. The Kier molecular flexibility index (Phi) is 4.78. The highest BCUT2D eigenvalue weighted by molar-refractivity contribution is 5.62. The van der Waals surface area contributed by atoms with E-state index in [1.807, 2.05) is 6.07 Å². The summed E-state index contributed by atoms with van der Waals surface area (Å²) >= 11 is 0. The average Bonchev–Trinajstić information content (AvgIpc) is 3.14. The number of methoxy groups -OCH3 is 1. The van der Waals surface area contributed by atoms with Gasteiger partial charge in [-0.15, -0.1) is 0 Å². The lowest BCUT2D eigenvalue weighted by molar-refractivity contribution is -0.914. The number of benzene rings is 2. The van der Waals surface area contributed by atoms with Gasteiger partial charge in [0.1, 0.15) is 18.2 Å². The van der Waals surface area contributed by atoms with Crippen LogP contribution in [0.25, 0.3) is 0 Å². The van der Waals surface area contributed by atoms with E-state index in [2.05, 4.69) is 25.9 Å². The predicted octanol–water partition coefficient (Wildman–Crippen LogP) is 3.32. The van der Waals surface area contributed by atoms with Gasteiger partial charge in [-0.1, -0.05) is 5.92 Å². The lowest BCUT2D eigenvalue weighted by Crippen LogP contribution is -2.47. The number of quaternary nitrogens is 1. The monoisotopic (exact) mass is 384 g/mol. The fourth-order valence-electron chi connectivity index (χ4n) is 3.71. The smallest absolute Gasteiger partial charge is 0.231 e. The van der Waals surface area contributed by atoms with E-state index in [9.17, 15) is 4.39 Å². The highest BCUT2D eigenvalue weighted by atomic mass is 19.1. The van der Waals surface area contributed by atoms with E-state index in [1.54, 1.807) is 19.2 Å². The minimum absolute atomic E-state index is 0.0787. The van der Waals surface area contributed by atoms with Crippen molar-refractivity contribution in [3.8, 4) is 34.8 Å². The van der Waals surface area contributed by atoms with E-state index in [-0.39, 0.29) is 25.3 Å². The fraction of sp³-hybridized carbons (Fsp3) is 0.364. The molecule has 2 aromatic rings. The topological polar surface area (TPSA) is 36.9 Å². The van der Waals surface area contributed by atoms with E-state index in [1.165, 1.54) is 17.7 Å². The molecule has 0 N–H and O–H groups in total. The third-order valence-electron chi connectivity index (χ3n) is 5.24. The molecule has 0 saturated carbocycles. The predicted molar refractivity (Wildman–Crippen MR) is 102 cm³/mol. The van der Waals surface area contributed by atoms with Gasteiger partial charge in [0.15, 0.2) is 17.5 Å². The molecule has 2 aliphatic rings. The van der Waals surface area contributed by atoms with Crippen molar-refractivity contribution in [2.75, 3.05) is 41.1 Å². The number of fused-ring (bicyclic) bond motifs is 2. The molecule has 0 fully saturated rings. The summed E-state index contributed by atoms with van der Waals surface area (Å²) in [6.45, 7) is 1.38. The molecule has 0 aromatic heterocycles. The average molecular weight is 384 g/mol. The summed E-state index contributed by atoms with van der Waals surface area (Å²) < 4.78 is 36.2. The Balaban J connectivity index is 1.63. The van der Waals surface area contributed by atoms with E-state index in [0.717, 1.165) is 24.3 Å². The maximum absolute atomic E-state index is 13.0. The molecule has 2 aromatic carbocycles. The first-order chi connectivity index (χ1) is 13.5.